The molecule has 1 aliphatic rings. The number of hydrogen-bond donors (Lipinski definition) is 2. The molecule has 1 fully saturated rings. The Bertz CT molecular complexity index is 826. The van der Waals surface area contributed by atoms with E-state index in [2.05, 4.69) is 10.0 Å². The monoisotopic (exact) mass is 424 g/mol. The lowest BCUT2D eigenvalue weighted by Gasteiger charge is -2.21. The number of amides is 2. The Morgan fingerprint density at radius 2 is 1.83 bits per heavy atom. The average molecular weight is 425 g/mol. The van der Waals surface area contributed by atoms with E-state index in [0.29, 0.717) is 32.7 Å². The molecule has 0 aliphatic carbocycles. The summed E-state index contributed by atoms with van der Waals surface area (Å²) in [5, 5.41) is 2.78. The van der Waals surface area contributed by atoms with Crippen molar-refractivity contribution in [3.63, 3.8) is 0 Å². The Hall–Kier alpha value is -1.97. The third-order valence-electron chi connectivity index (χ3n) is 5.10. The van der Waals surface area contributed by atoms with E-state index in [1.165, 1.54) is 0 Å². The number of sulfonamides is 1. The van der Waals surface area contributed by atoms with E-state index in [4.69, 9.17) is 0 Å². The van der Waals surface area contributed by atoms with Gasteiger partial charge < -0.3 is 10.2 Å². The quantitative estimate of drug-likeness (QED) is 0.638. The van der Waals surface area contributed by atoms with Crippen molar-refractivity contribution in [3.8, 4) is 0 Å². The molecular formula is C20H32N4O4S. The first-order valence-corrected chi connectivity index (χ1v) is 11.5. The van der Waals surface area contributed by atoms with E-state index in [1.807, 2.05) is 25.7 Å². The first-order valence-electron chi connectivity index (χ1n) is 10.1. The SMILES string of the molecule is CCNC(=O)CN1CCCN(C(=O)CCNS(=O)(=O)c2ccc(C)c(C)c2)CC1. The molecule has 162 valence electrons. The Morgan fingerprint density at radius 1 is 1.07 bits per heavy atom. The smallest absolute Gasteiger partial charge is 0.240 e. The van der Waals surface area contributed by atoms with Crippen LogP contribution in [-0.2, 0) is 19.6 Å². The highest BCUT2D eigenvalue weighted by Crippen LogP contribution is 2.14. The van der Waals surface area contributed by atoms with Crippen LogP contribution in [0.3, 0.4) is 0 Å². The molecule has 0 atom stereocenters. The van der Waals surface area contributed by atoms with Crippen molar-refractivity contribution in [1.82, 2.24) is 19.8 Å². The zero-order chi connectivity index (χ0) is 21.4. The predicted octanol–water partition coefficient (Wildman–Crippen LogP) is 0.642. The van der Waals surface area contributed by atoms with Crippen LogP contribution >= 0.6 is 0 Å². The van der Waals surface area contributed by atoms with Gasteiger partial charge in [0, 0.05) is 45.7 Å². The molecule has 8 nitrogen and oxygen atoms in total. The molecule has 0 unspecified atom stereocenters. The van der Waals surface area contributed by atoms with Crippen LogP contribution in [0.1, 0.15) is 30.9 Å². The molecule has 2 N–H and O–H groups in total. The van der Waals surface area contributed by atoms with Crippen LogP contribution in [0.25, 0.3) is 0 Å². The number of aryl methyl sites for hydroxylation is 2. The second kappa shape index (κ2) is 10.7. The van der Waals surface area contributed by atoms with Crippen molar-refractivity contribution in [3.05, 3.63) is 29.3 Å². The number of carbonyl (C=O) groups excluding carboxylic acids is 2. The first-order chi connectivity index (χ1) is 13.7. The van der Waals surface area contributed by atoms with Crippen molar-refractivity contribution < 1.29 is 18.0 Å². The van der Waals surface area contributed by atoms with Crippen LogP contribution in [0.4, 0.5) is 0 Å². The summed E-state index contributed by atoms with van der Waals surface area (Å²) >= 11 is 0. The van der Waals surface area contributed by atoms with E-state index in [9.17, 15) is 18.0 Å². The standard InChI is InChI=1S/C20H32N4O4S/c1-4-21-19(25)15-23-10-5-11-24(13-12-23)20(26)8-9-22-29(27,28)18-7-6-16(2)17(3)14-18/h6-7,14,22H,4-5,8-13,15H2,1-3H3,(H,21,25). The molecular weight excluding hydrogens is 392 g/mol. The molecule has 0 aromatic heterocycles. The van der Waals surface area contributed by atoms with Gasteiger partial charge in [-0.05, 0) is 50.5 Å². The fourth-order valence-electron chi connectivity index (χ4n) is 3.25. The normalized spacial score (nSPS) is 15.8. The number of likely N-dealkylation sites (N-methyl/N-ethyl adjacent to an activating group) is 1. The van der Waals surface area contributed by atoms with Crippen molar-refractivity contribution in [2.45, 2.75) is 38.5 Å². The molecule has 2 rings (SSSR count). The number of nitrogens with zero attached hydrogens (tertiary/aromatic N) is 2. The molecule has 0 radical (unpaired) electrons. The van der Waals surface area contributed by atoms with Crippen LogP contribution < -0.4 is 10.0 Å². The molecule has 1 heterocycles. The van der Waals surface area contributed by atoms with Gasteiger partial charge >= 0.3 is 0 Å². The minimum Gasteiger partial charge on any atom is -0.355 e. The van der Waals surface area contributed by atoms with Crippen LogP contribution in [-0.4, -0.2) is 75.8 Å². The topological polar surface area (TPSA) is 98.8 Å². The second-order valence-electron chi connectivity index (χ2n) is 7.36. The zero-order valence-electron chi connectivity index (χ0n) is 17.5. The van der Waals surface area contributed by atoms with E-state index in [-0.39, 0.29) is 29.7 Å². The van der Waals surface area contributed by atoms with Gasteiger partial charge in [-0.25, -0.2) is 13.1 Å². The maximum atomic E-state index is 12.5. The van der Waals surface area contributed by atoms with E-state index < -0.39 is 10.0 Å². The van der Waals surface area contributed by atoms with Crippen LogP contribution in [0.15, 0.2) is 23.1 Å². The highest BCUT2D eigenvalue weighted by molar-refractivity contribution is 7.89. The van der Waals surface area contributed by atoms with E-state index in [0.717, 1.165) is 24.1 Å². The van der Waals surface area contributed by atoms with Gasteiger partial charge in [-0.15, -0.1) is 0 Å². The summed E-state index contributed by atoms with van der Waals surface area (Å²) in [4.78, 5) is 28.2. The van der Waals surface area contributed by atoms with Crippen molar-refractivity contribution >= 4 is 21.8 Å². The Balaban J connectivity index is 1.81. The van der Waals surface area contributed by atoms with Crippen molar-refractivity contribution in [2.75, 3.05) is 45.8 Å². The third-order valence-corrected chi connectivity index (χ3v) is 6.56. The summed E-state index contributed by atoms with van der Waals surface area (Å²) in [6.07, 6.45) is 0.903. The van der Waals surface area contributed by atoms with Crippen molar-refractivity contribution in [2.24, 2.45) is 0 Å². The molecule has 1 saturated heterocycles. The van der Waals surface area contributed by atoms with Crippen LogP contribution in [0.5, 0.6) is 0 Å². The number of carbonyl (C=O) groups is 2. The van der Waals surface area contributed by atoms with E-state index >= 15 is 0 Å². The van der Waals surface area contributed by atoms with Crippen LogP contribution in [0.2, 0.25) is 0 Å². The Kier molecular flexibility index (Phi) is 8.60. The average Bonchev–Trinajstić information content (AvgIpc) is 2.89. The molecule has 2 amide bonds. The predicted molar refractivity (Wildman–Crippen MR) is 112 cm³/mol. The number of hydrogen-bond acceptors (Lipinski definition) is 5. The van der Waals surface area contributed by atoms with E-state index in [1.54, 1.807) is 23.1 Å². The first kappa shape index (κ1) is 23.3. The molecule has 1 aliphatic heterocycles. The molecule has 29 heavy (non-hydrogen) atoms. The van der Waals surface area contributed by atoms with Crippen molar-refractivity contribution in [1.29, 1.82) is 0 Å². The number of rotatable bonds is 8. The third kappa shape index (κ3) is 7.09. The summed E-state index contributed by atoms with van der Waals surface area (Å²) in [5.41, 5.74) is 1.94. The Morgan fingerprint density at radius 3 is 2.52 bits per heavy atom. The van der Waals surface area contributed by atoms with Gasteiger partial charge in [0.1, 0.15) is 0 Å². The minimum absolute atomic E-state index is 0.00646. The number of nitrogens with one attached hydrogen (secondary N) is 2. The summed E-state index contributed by atoms with van der Waals surface area (Å²) < 4.78 is 27.4. The molecule has 1 aromatic rings. The zero-order valence-corrected chi connectivity index (χ0v) is 18.3. The molecule has 0 saturated carbocycles. The Labute approximate surface area is 173 Å². The maximum absolute atomic E-state index is 12.5. The highest BCUT2D eigenvalue weighted by Gasteiger charge is 2.21. The summed E-state index contributed by atoms with van der Waals surface area (Å²) in [6, 6.07) is 4.99. The lowest BCUT2D eigenvalue weighted by Crippen LogP contribution is -2.40. The minimum atomic E-state index is -3.63. The summed E-state index contributed by atoms with van der Waals surface area (Å²) in [5.74, 6) is -0.0827. The molecule has 0 bridgehead atoms. The van der Waals surface area contributed by atoms with Gasteiger partial charge in [0.05, 0.1) is 11.4 Å². The molecule has 1 aromatic carbocycles. The van der Waals surface area contributed by atoms with Gasteiger partial charge in [-0.3, -0.25) is 14.5 Å². The lowest BCUT2D eigenvalue weighted by atomic mass is 10.1. The molecule has 9 heteroatoms. The lowest BCUT2D eigenvalue weighted by molar-refractivity contribution is -0.130. The van der Waals surface area contributed by atoms with Gasteiger partial charge in [-0.1, -0.05) is 6.07 Å². The summed E-state index contributed by atoms with van der Waals surface area (Å²) in [7, 11) is -3.63. The fraction of sp³-hybridized carbons (Fsp3) is 0.600. The van der Waals surface area contributed by atoms with Gasteiger partial charge in [0.2, 0.25) is 21.8 Å². The van der Waals surface area contributed by atoms with Gasteiger partial charge in [-0.2, -0.15) is 0 Å². The van der Waals surface area contributed by atoms with Gasteiger partial charge in [0.25, 0.3) is 0 Å². The van der Waals surface area contributed by atoms with Crippen LogP contribution in [0, 0.1) is 13.8 Å². The number of benzene rings is 1. The largest absolute Gasteiger partial charge is 0.355 e. The van der Waals surface area contributed by atoms with Gasteiger partial charge in [0.15, 0.2) is 0 Å². The molecule has 0 spiro atoms. The second-order valence-corrected chi connectivity index (χ2v) is 9.12. The summed E-state index contributed by atoms with van der Waals surface area (Å²) in [6.45, 7) is 9.25. The maximum Gasteiger partial charge on any atom is 0.240 e. The highest BCUT2D eigenvalue weighted by atomic mass is 32.2. The fourth-order valence-corrected chi connectivity index (χ4v) is 4.37.